The summed E-state index contributed by atoms with van der Waals surface area (Å²) in [4.78, 5) is 0. The predicted octanol–water partition coefficient (Wildman–Crippen LogP) is 0.915. The van der Waals surface area contributed by atoms with Gasteiger partial charge >= 0.3 is 0 Å². The van der Waals surface area contributed by atoms with Crippen LogP contribution in [0.4, 0.5) is 0 Å². The number of nitrogens with zero attached hydrogens (tertiary/aromatic N) is 3. The van der Waals surface area contributed by atoms with Gasteiger partial charge in [0.1, 0.15) is 18.6 Å². The van der Waals surface area contributed by atoms with Crippen LogP contribution in [0.3, 0.4) is 0 Å². The number of nitriles is 1. The van der Waals surface area contributed by atoms with E-state index in [0.717, 1.165) is 18.1 Å². The first-order chi connectivity index (χ1) is 7.13. The van der Waals surface area contributed by atoms with Crippen molar-refractivity contribution in [2.45, 2.75) is 13.7 Å². The van der Waals surface area contributed by atoms with E-state index in [1.807, 2.05) is 6.92 Å². The molecule has 1 rings (SSSR count). The van der Waals surface area contributed by atoms with E-state index >= 15 is 0 Å². The highest BCUT2D eigenvalue weighted by molar-refractivity contribution is 7.95. The van der Waals surface area contributed by atoms with Crippen LogP contribution in [0.15, 0.2) is 6.20 Å². The van der Waals surface area contributed by atoms with E-state index in [1.165, 1.54) is 0 Å². The van der Waals surface area contributed by atoms with Crippen molar-refractivity contribution < 1.29 is 4.74 Å². The Labute approximate surface area is 93.2 Å². The van der Waals surface area contributed by atoms with Crippen LogP contribution in [0.25, 0.3) is 0 Å². The van der Waals surface area contributed by atoms with Gasteiger partial charge in [0.25, 0.3) is 0 Å². The van der Waals surface area contributed by atoms with Gasteiger partial charge in [-0.3, -0.25) is 0 Å². The molecule has 1 aromatic rings. The quantitative estimate of drug-likeness (QED) is 0.554. The molecule has 1 aromatic heterocycles. The zero-order valence-electron chi connectivity index (χ0n) is 9.36. The lowest BCUT2D eigenvalue weighted by atomic mass is 10.3. The number of hydrogen-bond acceptors (Lipinski definition) is 3. The van der Waals surface area contributed by atoms with Crippen LogP contribution in [0.5, 0.6) is 0 Å². The van der Waals surface area contributed by atoms with E-state index in [9.17, 15) is 0 Å². The summed E-state index contributed by atoms with van der Waals surface area (Å²) < 4.78 is 7.11. The monoisotopic (exact) mass is 226 g/mol. The Morgan fingerprint density at radius 1 is 1.60 bits per heavy atom. The lowest BCUT2D eigenvalue weighted by molar-refractivity contribution is 0.0807. The van der Waals surface area contributed by atoms with E-state index < -0.39 is 0 Å². The highest BCUT2D eigenvalue weighted by Crippen LogP contribution is 2.03. The smallest absolute Gasteiger partial charge is 0.139 e. The maximum absolute atomic E-state index is 8.73. The molecule has 4 nitrogen and oxygen atoms in total. The molecular formula is C10H16N3OS+. The third-order valence-electron chi connectivity index (χ3n) is 1.93. The Balaban J connectivity index is 2.35. The molecule has 0 saturated heterocycles. The van der Waals surface area contributed by atoms with Crippen molar-refractivity contribution in [3.63, 3.8) is 0 Å². The van der Waals surface area contributed by atoms with Crippen molar-refractivity contribution >= 4 is 10.9 Å². The van der Waals surface area contributed by atoms with Gasteiger partial charge in [-0.05, 0) is 17.8 Å². The molecule has 0 aliphatic heterocycles. The molecule has 0 aromatic carbocycles. The van der Waals surface area contributed by atoms with Crippen molar-refractivity contribution in [3.05, 3.63) is 17.5 Å². The molecule has 0 fully saturated rings. The third-order valence-corrected chi connectivity index (χ3v) is 2.91. The fourth-order valence-corrected chi connectivity index (χ4v) is 1.53. The molecule has 5 heteroatoms. The Kier molecular flexibility index (Phi) is 4.66. The lowest BCUT2D eigenvalue weighted by Gasteiger charge is -2.02. The molecule has 0 saturated carbocycles. The average molecular weight is 226 g/mol. The molecule has 0 spiro atoms. The Morgan fingerprint density at radius 3 is 2.87 bits per heavy atom. The molecule has 0 N–H and O–H groups in total. The van der Waals surface area contributed by atoms with Crippen LogP contribution in [0.1, 0.15) is 11.3 Å². The number of hydrogen-bond donors (Lipinski definition) is 0. The Bertz CT molecular complexity index is 354. The third kappa shape index (κ3) is 3.94. The summed E-state index contributed by atoms with van der Waals surface area (Å²) in [5.74, 6) is 1.07. The second kappa shape index (κ2) is 5.79. The summed E-state index contributed by atoms with van der Waals surface area (Å²) in [5, 5.41) is 12.9. The first-order valence-electron chi connectivity index (χ1n) is 4.69. The van der Waals surface area contributed by atoms with Crippen molar-refractivity contribution in [2.24, 2.45) is 0 Å². The summed E-state index contributed by atoms with van der Waals surface area (Å²) in [5.41, 5.74) is 1.37. The molecular weight excluding hydrogens is 210 g/mol. The first-order valence-corrected chi connectivity index (χ1v) is 6.90. The SMILES string of the molecule is Cc1nn(COCC[S+](C)C)cc1C#N. The lowest BCUT2D eigenvalue weighted by Crippen LogP contribution is -2.11. The van der Waals surface area contributed by atoms with Crippen molar-refractivity contribution in [1.29, 1.82) is 5.26 Å². The van der Waals surface area contributed by atoms with Crippen molar-refractivity contribution in [2.75, 3.05) is 24.9 Å². The number of aromatic nitrogens is 2. The molecule has 0 bridgehead atoms. The van der Waals surface area contributed by atoms with Gasteiger partial charge in [0.05, 0.1) is 30.4 Å². The van der Waals surface area contributed by atoms with E-state index in [1.54, 1.807) is 10.9 Å². The molecule has 15 heavy (non-hydrogen) atoms. The molecule has 0 unspecified atom stereocenters. The van der Waals surface area contributed by atoms with Crippen LogP contribution in [-0.4, -0.2) is 34.7 Å². The molecule has 0 aliphatic carbocycles. The maximum Gasteiger partial charge on any atom is 0.139 e. The van der Waals surface area contributed by atoms with Gasteiger partial charge in [-0.1, -0.05) is 0 Å². The zero-order chi connectivity index (χ0) is 11.3. The first kappa shape index (κ1) is 12.1. The van der Waals surface area contributed by atoms with Gasteiger partial charge in [0.2, 0.25) is 0 Å². The van der Waals surface area contributed by atoms with Crippen LogP contribution in [0, 0.1) is 18.3 Å². The van der Waals surface area contributed by atoms with E-state index in [0.29, 0.717) is 23.2 Å². The van der Waals surface area contributed by atoms with Gasteiger partial charge in [-0.25, -0.2) is 4.68 Å². The summed E-state index contributed by atoms with van der Waals surface area (Å²) >= 11 is 0. The van der Waals surface area contributed by atoms with Crippen LogP contribution >= 0.6 is 0 Å². The molecule has 0 atom stereocenters. The molecule has 82 valence electrons. The Morgan fingerprint density at radius 2 is 2.33 bits per heavy atom. The molecule has 0 aliphatic rings. The van der Waals surface area contributed by atoms with E-state index in [2.05, 4.69) is 23.7 Å². The Hall–Kier alpha value is -0.990. The second-order valence-corrected chi connectivity index (χ2v) is 5.89. The topological polar surface area (TPSA) is 50.8 Å². The maximum atomic E-state index is 8.73. The highest BCUT2D eigenvalue weighted by Gasteiger charge is 2.04. The van der Waals surface area contributed by atoms with Crippen LogP contribution < -0.4 is 0 Å². The normalized spacial score (nSPS) is 10.6. The zero-order valence-corrected chi connectivity index (χ0v) is 10.2. The van der Waals surface area contributed by atoms with Crippen LogP contribution in [-0.2, 0) is 22.4 Å². The van der Waals surface area contributed by atoms with Gasteiger partial charge in [0.15, 0.2) is 0 Å². The number of ether oxygens (including phenoxy) is 1. The van der Waals surface area contributed by atoms with Gasteiger partial charge < -0.3 is 4.74 Å². The second-order valence-electron chi connectivity index (χ2n) is 3.51. The van der Waals surface area contributed by atoms with Crippen LogP contribution in [0.2, 0.25) is 0 Å². The van der Waals surface area contributed by atoms with Crippen molar-refractivity contribution in [3.8, 4) is 6.07 Å². The van der Waals surface area contributed by atoms with Crippen molar-refractivity contribution in [1.82, 2.24) is 9.78 Å². The molecule has 0 radical (unpaired) electrons. The standard InChI is InChI=1S/C10H16N3OS/c1-9-10(6-11)7-13(12-9)8-14-4-5-15(2)3/h7H,4-5,8H2,1-3H3/q+1. The van der Waals surface area contributed by atoms with E-state index in [4.69, 9.17) is 10.00 Å². The van der Waals surface area contributed by atoms with Gasteiger partial charge in [-0.2, -0.15) is 10.4 Å². The fraction of sp³-hybridized carbons (Fsp3) is 0.600. The molecule has 0 amide bonds. The minimum atomic E-state index is 0.419. The largest absolute Gasteiger partial charge is 0.354 e. The summed E-state index contributed by atoms with van der Waals surface area (Å²) in [7, 11) is 0.419. The average Bonchev–Trinajstić information content (AvgIpc) is 2.53. The summed E-state index contributed by atoms with van der Waals surface area (Å²) in [6.07, 6.45) is 6.09. The van der Waals surface area contributed by atoms with Gasteiger partial charge in [0, 0.05) is 6.20 Å². The minimum absolute atomic E-state index is 0.419. The summed E-state index contributed by atoms with van der Waals surface area (Å²) in [6.45, 7) is 3.00. The number of rotatable bonds is 5. The fourth-order valence-electron chi connectivity index (χ4n) is 1.08. The highest BCUT2D eigenvalue weighted by atomic mass is 32.2. The van der Waals surface area contributed by atoms with Gasteiger partial charge in [-0.15, -0.1) is 0 Å². The molecule has 1 heterocycles. The predicted molar refractivity (Wildman–Crippen MR) is 61.7 cm³/mol. The minimum Gasteiger partial charge on any atom is -0.354 e. The summed E-state index contributed by atoms with van der Waals surface area (Å²) in [6, 6.07) is 2.09. The van der Waals surface area contributed by atoms with E-state index in [-0.39, 0.29) is 0 Å². The number of aryl methyl sites for hydroxylation is 1.